The van der Waals surface area contributed by atoms with E-state index in [9.17, 15) is 21.6 Å². The van der Waals surface area contributed by atoms with E-state index >= 15 is 0 Å². The fourth-order valence-electron chi connectivity index (χ4n) is 1.39. The summed E-state index contributed by atoms with van der Waals surface area (Å²) in [5.41, 5.74) is -5.09. The molecule has 0 bridgehead atoms. The molecule has 1 rings (SSSR count). The van der Waals surface area contributed by atoms with Crippen LogP contribution < -0.4 is 4.74 Å². The van der Waals surface area contributed by atoms with E-state index in [0.29, 0.717) is 11.3 Å². The van der Waals surface area contributed by atoms with Crippen molar-refractivity contribution in [3.63, 3.8) is 0 Å². The van der Waals surface area contributed by atoms with Gasteiger partial charge >= 0.3 is 15.6 Å². The number of hydrogen-bond acceptors (Lipinski definition) is 4. The average Bonchev–Trinajstić information content (AvgIpc) is 2.35. The highest BCUT2D eigenvalue weighted by Crippen LogP contribution is 2.32. The van der Waals surface area contributed by atoms with Crippen LogP contribution in [-0.4, -0.2) is 21.0 Å². The molecule has 0 heterocycles. The first-order valence-corrected chi connectivity index (χ1v) is 6.75. The van der Waals surface area contributed by atoms with Gasteiger partial charge in [-0.25, -0.2) is 0 Å². The van der Waals surface area contributed by atoms with Gasteiger partial charge in [-0.05, 0) is 24.1 Å². The number of hydrogen-bond donors (Lipinski definition) is 0. The molecule has 0 fully saturated rings. The number of ether oxygens (including phenoxy) is 1. The second-order valence-electron chi connectivity index (χ2n) is 3.67. The van der Waals surface area contributed by atoms with Gasteiger partial charge in [-0.3, -0.25) is 4.18 Å². The Morgan fingerprint density at radius 2 is 1.74 bits per heavy atom. The highest BCUT2D eigenvalue weighted by atomic mass is 32.2. The Hall–Kier alpha value is -1.28. The van der Waals surface area contributed by atoms with Crippen molar-refractivity contribution in [2.45, 2.75) is 25.0 Å². The van der Waals surface area contributed by atoms with Gasteiger partial charge in [0.25, 0.3) is 0 Å². The van der Waals surface area contributed by atoms with Crippen LogP contribution in [-0.2, 0) is 14.3 Å². The van der Waals surface area contributed by atoms with Crippen LogP contribution >= 0.6 is 0 Å². The van der Waals surface area contributed by atoms with Crippen molar-refractivity contribution < 1.29 is 30.5 Å². The smallest absolute Gasteiger partial charge is 0.497 e. The van der Waals surface area contributed by atoms with Crippen LogP contribution in [0.3, 0.4) is 0 Å². The first-order chi connectivity index (χ1) is 8.71. The maximum absolute atomic E-state index is 12.2. The van der Waals surface area contributed by atoms with E-state index in [1.54, 1.807) is 0 Å². The summed E-state index contributed by atoms with van der Waals surface area (Å²) in [6.45, 7) is 1.53. The van der Waals surface area contributed by atoms with E-state index in [1.807, 2.05) is 0 Å². The molecule has 0 aliphatic heterocycles. The van der Waals surface area contributed by atoms with E-state index in [2.05, 4.69) is 4.18 Å². The van der Waals surface area contributed by atoms with E-state index in [-0.39, 0.29) is 6.42 Å². The maximum atomic E-state index is 12.2. The van der Waals surface area contributed by atoms with Gasteiger partial charge < -0.3 is 4.74 Å². The molecule has 8 heteroatoms. The first-order valence-electron chi connectivity index (χ1n) is 5.34. The first kappa shape index (κ1) is 15.8. The van der Waals surface area contributed by atoms with Crippen LogP contribution in [0.1, 0.15) is 25.0 Å². The third kappa shape index (κ3) is 3.84. The second kappa shape index (κ2) is 5.79. The summed E-state index contributed by atoms with van der Waals surface area (Å²) in [6, 6.07) is 5.95. The lowest BCUT2D eigenvalue weighted by Crippen LogP contribution is -2.27. The Balaban J connectivity index is 2.95. The van der Waals surface area contributed by atoms with Gasteiger partial charge in [0.15, 0.2) is 0 Å². The van der Waals surface area contributed by atoms with Crippen molar-refractivity contribution in [2.24, 2.45) is 0 Å². The minimum absolute atomic E-state index is 0.0850. The summed E-state index contributed by atoms with van der Waals surface area (Å²) in [4.78, 5) is 0. The molecule has 1 unspecified atom stereocenters. The zero-order chi connectivity index (χ0) is 14.7. The van der Waals surface area contributed by atoms with Gasteiger partial charge in [-0.1, -0.05) is 19.1 Å². The molecule has 0 radical (unpaired) electrons. The quantitative estimate of drug-likeness (QED) is 0.619. The molecular formula is C11H13F3O4S. The van der Waals surface area contributed by atoms with Crippen molar-refractivity contribution in [1.82, 2.24) is 0 Å². The van der Waals surface area contributed by atoms with Crippen LogP contribution in [0, 0.1) is 0 Å². The van der Waals surface area contributed by atoms with Crippen molar-refractivity contribution in [3.8, 4) is 5.75 Å². The maximum Gasteiger partial charge on any atom is 0.523 e. The average molecular weight is 298 g/mol. The van der Waals surface area contributed by atoms with Crippen molar-refractivity contribution in [3.05, 3.63) is 29.8 Å². The molecule has 0 aromatic heterocycles. The Morgan fingerprint density at radius 3 is 2.11 bits per heavy atom. The molecule has 0 N–H and O–H groups in total. The van der Waals surface area contributed by atoms with E-state index in [0.717, 1.165) is 0 Å². The van der Waals surface area contributed by atoms with Gasteiger partial charge in [-0.15, -0.1) is 0 Å². The zero-order valence-corrected chi connectivity index (χ0v) is 11.1. The van der Waals surface area contributed by atoms with Crippen LogP contribution in [0.2, 0.25) is 0 Å². The van der Waals surface area contributed by atoms with Crippen molar-refractivity contribution in [1.29, 1.82) is 0 Å². The Morgan fingerprint density at radius 1 is 1.21 bits per heavy atom. The van der Waals surface area contributed by atoms with E-state index in [1.165, 1.54) is 38.3 Å². The van der Waals surface area contributed by atoms with Crippen molar-refractivity contribution in [2.75, 3.05) is 7.11 Å². The molecule has 0 saturated heterocycles. The minimum atomic E-state index is -5.60. The SMILES string of the molecule is CCC(OS(=O)(=O)C(F)(F)F)c1ccc(OC)cc1. The van der Waals surface area contributed by atoms with Gasteiger partial charge in [0, 0.05) is 0 Å². The number of halogens is 3. The fraction of sp³-hybridized carbons (Fsp3) is 0.455. The zero-order valence-electron chi connectivity index (χ0n) is 10.3. The van der Waals surface area contributed by atoms with Crippen LogP contribution in [0.4, 0.5) is 13.2 Å². The Bertz CT molecular complexity index is 508. The normalized spacial score (nSPS) is 14.2. The summed E-state index contributed by atoms with van der Waals surface area (Å²) in [7, 11) is -4.16. The third-order valence-electron chi connectivity index (χ3n) is 2.38. The topological polar surface area (TPSA) is 52.6 Å². The number of rotatable bonds is 5. The predicted molar refractivity (Wildman–Crippen MR) is 62.1 cm³/mol. The van der Waals surface area contributed by atoms with Crippen molar-refractivity contribution >= 4 is 10.1 Å². The second-order valence-corrected chi connectivity index (χ2v) is 5.23. The van der Waals surface area contributed by atoms with Crippen LogP contribution in [0.5, 0.6) is 5.75 Å². The minimum Gasteiger partial charge on any atom is -0.497 e. The standard InChI is InChI=1S/C11H13F3O4S/c1-3-10(18-19(15,16)11(12,13)14)8-4-6-9(17-2)7-5-8/h4-7,10H,3H2,1-2H3. The number of alkyl halides is 3. The molecule has 0 aliphatic carbocycles. The highest BCUT2D eigenvalue weighted by Gasteiger charge is 2.48. The molecule has 1 aromatic carbocycles. The third-order valence-corrected chi connectivity index (χ3v) is 3.44. The van der Waals surface area contributed by atoms with Gasteiger partial charge in [0.05, 0.1) is 7.11 Å². The Kier molecular flexibility index (Phi) is 4.81. The summed E-state index contributed by atoms with van der Waals surface area (Å²) in [6.07, 6.45) is -1.10. The summed E-state index contributed by atoms with van der Waals surface area (Å²) < 4.78 is 67.7. The van der Waals surface area contributed by atoms with Gasteiger partial charge in [0.2, 0.25) is 0 Å². The fourth-order valence-corrected chi connectivity index (χ4v) is 2.05. The number of benzene rings is 1. The van der Waals surface area contributed by atoms with Crippen LogP contribution in [0.25, 0.3) is 0 Å². The van der Waals surface area contributed by atoms with Gasteiger partial charge in [-0.2, -0.15) is 21.6 Å². The predicted octanol–water partition coefficient (Wildman–Crippen LogP) is 3.01. The number of methoxy groups -OCH3 is 1. The molecule has 19 heavy (non-hydrogen) atoms. The highest BCUT2D eigenvalue weighted by molar-refractivity contribution is 7.87. The molecule has 0 amide bonds. The molecule has 0 spiro atoms. The van der Waals surface area contributed by atoms with Gasteiger partial charge in [0.1, 0.15) is 11.9 Å². The molecule has 1 atom stereocenters. The summed E-state index contributed by atoms with van der Waals surface area (Å²) in [5, 5.41) is 0. The molecule has 4 nitrogen and oxygen atoms in total. The lowest BCUT2D eigenvalue weighted by atomic mass is 10.1. The monoisotopic (exact) mass is 298 g/mol. The molecule has 1 aromatic rings. The lowest BCUT2D eigenvalue weighted by molar-refractivity contribution is -0.0576. The summed E-state index contributed by atoms with van der Waals surface area (Å²) in [5.74, 6) is 0.511. The summed E-state index contributed by atoms with van der Waals surface area (Å²) >= 11 is 0. The molecule has 0 saturated carbocycles. The molecular weight excluding hydrogens is 285 g/mol. The van der Waals surface area contributed by atoms with E-state index in [4.69, 9.17) is 4.74 Å². The lowest BCUT2D eigenvalue weighted by Gasteiger charge is -2.17. The molecule has 108 valence electrons. The van der Waals surface area contributed by atoms with E-state index < -0.39 is 21.7 Å². The Labute approximate surface area is 109 Å². The largest absolute Gasteiger partial charge is 0.523 e. The van der Waals surface area contributed by atoms with Crippen LogP contribution in [0.15, 0.2) is 24.3 Å². The molecule has 0 aliphatic rings.